The van der Waals surface area contributed by atoms with Crippen LogP contribution in [0.25, 0.3) is 17.1 Å². The fourth-order valence-electron chi connectivity index (χ4n) is 3.87. The number of amides is 1. The minimum Gasteiger partial charge on any atom is -0.354 e. The Morgan fingerprint density at radius 3 is 2.61 bits per heavy atom. The number of piperidine rings is 1. The molecule has 10 nitrogen and oxygen atoms in total. The quantitative estimate of drug-likeness (QED) is 0.504. The van der Waals surface area contributed by atoms with Crippen molar-refractivity contribution in [1.29, 1.82) is 0 Å². The van der Waals surface area contributed by atoms with Gasteiger partial charge in [0, 0.05) is 30.9 Å². The summed E-state index contributed by atoms with van der Waals surface area (Å²) in [6.45, 7) is 13.5. The number of rotatable bonds is 7. The van der Waals surface area contributed by atoms with E-state index >= 15 is 0 Å². The van der Waals surface area contributed by atoms with Crippen LogP contribution in [0.2, 0.25) is 0 Å². The molecule has 0 radical (unpaired) electrons. The summed E-state index contributed by atoms with van der Waals surface area (Å²) >= 11 is 0. The molecule has 0 aliphatic carbocycles. The predicted molar refractivity (Wildman–Crippen MR) is 129 cm³/mol. The third kappa shape index (κ3) is 5.32. The van der Waals surface area contributed by atoms with Crippen LogP contribution in [0.15, 0.2) is 18.5 Å². The van der Waals surface area contributed by atoms with Gasteiger partial charge in [-0.25, -0.2) is 9.67 Å². The van der Waals surface area contributed by atoms with Crippen molar-refractivity contribution in [2.24, 2.45) is 17.3 Å². The highest BCUT2D eigenvalue weighted by Gasteiger charge is 2.26. The van der Waals surface area contributed by atoms with Crippen LogP contribution in [0.4, 0.5) is 11.8 Å². The second kappa shape index (κ2) is 9.46. The molecule has 0 bridgehead atoms. The molecule has 3 N–H and O–H groups in total. The Balaban J connectivity index is 1.78. The van der Waals surface area contributed by atoms with Crippen LogP contribution in [0.1, 0.15) is 47.5 Å². The van der Waals surface area contributed by atoms with Crippen molar-refractivity contribution >= 4 is 28.8 Å². The Morgan fingerprint density at radius 1 is 1.21 bits per heavy atom. The maximum Gasteiger partial charge on any atom is 0.233 e. The molecular formula is C23H35N9O. The summed E-state index contributed by atoms with van der Waals surface area (Å²) in [6.07, 6.45) is 5.82. The number of nitrogens with zero attached hydrogens (tertiary/aromatic N) is 6. The van der Waals surface area contributed by atoms with Gasteiger partial charge in [0.25, 0.3) is 0 Å². The van der Waals surface area contributed by atoms with Gasteiger partial charge in [-0.2, -0.15) is 15.1 Å². The Morgan fingerprint density at radius 2 is 1.97 bits per heavy atom. The fraction of sp³-hybridized carbons (Fsp3) is 0.609. The van der Waals surface area contributed by atoms with E-state index in [1.54, 1.807) is 10.9 Å². The number of nitrogens with one attached hydrogen (secondary N) is 3. The summed E-state index contributed by atoms with van der Waals surface area (Å²) in [6, 6.07) is 1.86. The monoisotopic (exact) mass is 453 g/mol. The lowest BCUT2D eigenvalue weighted by Gasteiger charge is -2.23. The average molecular weight is 454 g/mol. The van der Waals surface area contributed by atoms with Gasteiger partial charge in [0.2, 0.25) is 17.8 Å². The number of hydrogen-bond donors (Lipinski definition) is 3. The molecule has 4 heterocycles. The van der Waals surface area contributed by atoms with Crippen molar-refractivity contribution < 1.29 is 4.79 Å². The lowest BCUT2D eigenvalue weighted by molar-refractivity contribution is -0.123. The number of fused-ring (bicyclic) bond motifs is 1. The van der Waals surface area contributed by atoms with Crippen LogP contribution in [0.3, 0.4) is 0 Å². The SMILES string of the molecule is CC(C)Cn1c(-n2cccn2)nc2c(NC(=O)C(C)(C)C)nc(NCC3CCNCC3)nc21. The van der Waals surface area contributed by atoms with E-state index in [1.807, 2.05) is 33.0 Å². The molecule has 3 aromatic rings. The van der Waals surface area contributed by atoms with Crippen molar-refractivity contribution in [3.8, 4) is 5.95 Å². The molecule has 10 heteroatoms. The number of aromatic nitrogens is 6. The third-order valence-corrected chi connectivity index (χ3v) is 5.75. The van der Waals surface area contributed by atoms with E-state index in [4.69, 9.17) is 9.97 Å². The number of anilines is 2. The van der Waals surface area contributed by atoms with Crippen LogP contribution in [-0.4, -0.2) is 54.8 Å². The zero-order valence-corrected chi connectivity index (χ0v) is 20.2. The van der Waals surface area contributed by atoms with E-state index in [2.05, 4.69) is 44.4 Å². The second-order valence-electron chi connectivity index (χ2n) is 10.2. The van der Waals surface area contributed by atoms with Gasteiger partial charge in [0.15, 0.2) is 17.0 Å². The van der Waals surface area contributed by atoms with Crippen LogP contribution >= 0.6 is 0 Å². The van der Waals surface area contributed by atoms with Gasteiger partial charge in [0.1, 0.15) is 0 Å². The molecule has 3 aromatic heterocycles. The highest BCUT2D eigenvalue weighted by Crippen LogP contribution is 2.27. The summed E-state index contributed by atoms with van der Waals surface area (Å²) in [7, 11) is 0. The van der Waals surface area contributed by atoms with Gasteiger partial charge in [-0.1, -0.05) is 34.6 Å². The number of imidazole rings is 1. The normalized spacial score (nSPS) is 15.3. The van der Waals surface area contributed by atoms with E-state index in [9.17, 15) is 4.79 Å². The van der Waals surface area contributed by atoms with Crippen molar-refractivity contribution in [3.05, 3.63) is 18.5 Å². The smallest absolute Gasteiger partial charge is 0.233 e. The summed E-state index contributed by atoms with van der Waals surface area (Å²) in [5.74, 6) is 2.39. The Hall–Kier alpha value is -3.01. The van der Waals surface area contributed by atoms with Crippen molar-refractivity contribution in [3.63, 3.8) is 0 Å². The summed E-state index contributed by atoms with van der Waals surface area (Å²) in [4.78, 5) is 27.2. The first-order chi connectivity index (χ1) is 15.7. The first-order valence-corrected chi connectivity index (χ1v) is 11.8. The van der Waals surface area contributed by atoms with Crippen LogP contribution in [0.5, 0.6) is 0 Å². The van der Waals surface area contributed by atoms with E-state index < -0.39 is 5.41 Å². The Labute approximate surface area is 194 Å². The number of carbonyl (C=O) groups is 1. The van der Waals surface area contributed by atoms with Gasteiger partial charge in [-0.15, -0.1) is 0 Å². The van der Waals surface area contributed by atoms with Gasteiger partial charge in [-0.3, -0.25) is 9.36 Å². The van der Waals surface area contributed by atoms with Crippen molar-refractivity contribution in [1.82, 2.24) is 34.6 Å². The first-order valence-electron chi connectivity index (χ1n) is 11.8. The summed E-state index contributed by atoms with van der Waals surface area (Å²) < 4.78 is 3.78. The minimum absolute atomic E-state index is 0.120. The zero-order valence-electron chi connectivity index (χ0n) is 20.2. The molecule has 1 saturated heterocycles. The number of carbonyl (C=O) groups excluding carboxylic acids is 1. The lowest BCUT2D eigenvalue weighted by Crippen LogP contribution is -2.31. The topological polar surface area (TPSA) is 115 Å². The number of hydrogen-bond acceptors (Lipinski definition) is 7. The van der Waals surface area contributed by atoms with Crippen molar-refractivity contribution in [2.75, 3.05) is 30.3 Å². The van der Waals surface area contributed by atoms with Crippen LogP contribution in [-0.2, 0) is 11.3 Å². The molecule has 1 aliphatic heterocycles. The average Bonchev–Trinajstić information content (AvgIpc) is 3.41. The highest BCUT2D eigenvalue weighted by molar-refractivity contribution is 6.00. The summed E-state index contributed by atoms with van der Waals surface area (Å²) in [5.41, 5.74) is 0.679. The minimum atomic E-state index is -0.564. The maximum absolute atomic E-state index is 12.8. The van der Waals surface area contributed by atoms with E-state index in [1.165, 1.54) is 0 Å². The molecule has 178 valence electrons. The molecule has 0 atom stereocenters. The molecule has 0 unspecified atom stereocenters. The fourth-order valence-corrected chi connectivity index (χ4v) is 3.87. The molecule has 0 aromatic carbocycles. The van der Waals surface area contributed by atoms with Crippen LogP contribution < -0.4 is 16.0 Å². The van der Waals surface area contributed by atoms with Gasteiger partial charge >= 0.3 is 0 Å². The summed E-state index contributed by atoms with van der Waals surface area (Å²) in [5, 5.41) is 14.2. The third-order valence-electron chi connectivity index (χ3n) is 5.75. The molecule has 33 heavy (non-hydrogen) atoms. The molecular weight excluding hydrogens is 418 g/mol. The van der Waals surface area contributed by atoms with Crippen LogP contribution in [0, 0.1) is 17.3 Å². The predicted octanol–water partition coefficient (Wildman–Crippen LogP) is 3.06. The maximum atomic E-state index is 12.8. The zero-order chi connectivity index (χ0) is 23.6. The van der Waals surface area contributed by atoms with Gasteiger partial charge < -0.3 is 16.0 Å². The Kier molecular flexibility index (Phi) is 6.64. The largest absolute Gasteiger partial charge is 0.354 e. The van der Waals surface area contributed by atoms with Gasteiger partial charge in [0.05, 0.1) is 0 Å². The lowest BCUT2D eigenvalue weighted by atomic mass is 9.96. The second-order valence-corrected chi connectivity index (χ2v) is 10.2. The Bertz CT molecular complexity index is 1090. The van der Waals surface area contributed by atoms with E-state index in [-0.39, 0.29) is 5.91 Å². The molecule has 1 aliphatic rings. The molecule has 1 fully saturated rings. The van der Waals surface area contributed by atoms with Gasteiger partial charge in [-0.05, 0) is 43.8 Å². The van der Waals surface area contributed by atoms with E-state index in [0.29, 0.717) is 47.3 Å². The molecule has 0 spiro atoms. The molecule has 0 saturated carbocycles. The molecule has 4 rings (SSSR count). The molecule has 1 amide bonds. The van der Waals surface area contributed by atoms with Crippen molar-refractivity contribution in [2.45, 2.75) is 54.0 Å². The highest BCUT2D eigenvalue weighted by atomic mass is 16.2. The standard InChI is InChI=1S/C23H35N9O/c1-15(2)14-31-19-17(27-22(31)32-12-6-9-26-32)18(28-20(33)23(3,4)5)29-21(30-19)25-13-16-7-10-24-11-8-16/h6,9,12,15-16,24H,7-8,10-11,13-14H2,1-5H3,(H2,25,28,29,30,33). The van der Waals surface area contributed by atoms with E-state index in [0.717, 1.165) is 32.5 Å². The first kappa shape index (κ1) is 23.2.